The summed E-state index contributed by atoms with van der Waals surface area (Å²) < 4.78 is 0. The summed E-state index contributed by atoms with van der Waals surface area (Å²) >= 11 is 0. The second kappa shape index (κ2) is 5.13. The molecule has 0 heterocycles. The molecule has 0 radical (unpaired) electrons. The SMILES string of the molecule is C=C(N)NC(=O)C(N=CC)=C(C)C. The van der Waals surface area contributed by atoms with Crippen LogP contribution in [0.1, 0.15) is 20.8 Å². The molecule has 0 aromatic carbocycles. The van der Waals surface area contributed by atoms with Crippen molar-refractivity contribution in [3.8, 4) is 0 Å². The highest BCUT2D eigenvalue weighted by Gasteiger charge is 2.08. The van der Waals surface area contributed by atoms with E-state index in [4.69, 9.17) is 5.73 Å². The van der Waals surface area contributed by atoms with E-state index in [9.17, 15) is 4.79 Å². The monoisotopic (exact) mass is 181 g/mol. The molecule has 0 unspecified atom stereocenters. The number of nitrogens with one attached hydrogen (secondary N) is 1. The Morgan fingerprint density at radius 1 is 1.54 bits per heavy atom. The van der Waals surface area contributed by atoms with Crippen molar-refractivity contribution in [1.82, 2.24) is 5.32 Å². The number of nitrogens with two attached hydrogens (primary N) is 1. The zero-order chi connectivity index (χ0) is 10.4. The third kappa shape index (κ3) is 4.10. The van der Waals surface area contributed by atoms with Crippen LogP contribution in [-0.2, 0) is 4.79 Å². The standard InChI is InChI=1S/C9H15N3O/c1-5-11-8(6(2)3)9(13)12-7(4)10/h5H,4,10H2,1-3H3,(H,12,13). The van der Waals surface area contributed by atoms with E-state index in [0.717, 1.165) is 5.57 Å². The van der Waals surface area contributed by atoms with Crippen molar-refractivity contribution in [2.45, 2.75) is 20.8 Å². The fourth-order valence-corrected chi connectivity index (χ4v) is 0.749. The van der Waals surface area contributed by atoms with Crippen LogP contribution in [0.2, 0.25) is 0 Å². The normalized spacial score (nSPS) is 9.77. The molecule has 0 aromatic heterocycles. The van der Waals surface area contributed by atoms with Crippen molar-refractivity contribution in [3.05, 3.63) is 23.7 Å². The van der Waals surface area contributed by atoms with Gasteiger partial charge >= 0.3 is 0 Å². The van der Waals surface area contributed by atoms with Crippen LogP contribution in [0.25, 0.3) is 0 Å². The van der Waals surface area contributed by atoms with Crippen LogP contribution in [0, 0.1) is 0 Å². The summed E-state index contributed by atoms with van der Waals surface area (Å²) in [4.78, 5) is 15.3. The molecule has 0 aliphatic rings. The van der Waals surface area contributed by atoms with Crippen molar-refractivity contribution in [2.75, 3.05) is 0 Å². The molecule has 0 saturated carbocycles. The molecule has 0 rings (SSSR count). The van der Waals surface area contributed by atoms with Crippen molar-refractivity contribution < 1.29 is 4.79 Å². The van der Waals surface area contributed by atoms with Crippen LogP contribution >= 0.6 is 0 Å². The average Bonchev–Trinajstić information content (AvgIpc) is 1.97. The number of carbonyl (C=O) groups is 1. The summed E-state index contributed by atoms with van der Waals surface area (Å²) in [5, 5.41) is 2.38. The number of nitrogens with zero attached hydrogens (tertiary/aromatic N) is 1. The highest BCUT2D eigenvalue weighted by Crippen LogP contribution is 2.04. The van der Waals surface area contributed by atoms with Crippen LogP contribution in [0.15, 0.2) is 28.7 Å². The van der Waals surface area contributed by atoms with E-state index in [-0.39, 0.29) is 11.7 Å². The zero-order valence-corrected chi connectivity index (χ0v) is 8.22. The molecule has 0 saturated heterocycles. The van der Waals surface area contributed by atoms with Crippen molar-refractivity contribution in [1.29, 1.82) is 0 Å². The molecule has 1 amide bonds. The Kier molecular flexibility index (Phi) is 4.51. The number of aliphatic imine (C=N–C) groups is 1. The summed E-state index contributed by atoms with van der Waals surface area (Å²) in [5.41, 5.74) is 6.43. The fourth-order valence-electron chi connectivity index (χ4n) is 0.749. The minimum Gasteiger partial charge on any atom is -0.386 e. The minimum absolute atomic E-state index is 0.120. The van der Waals surface area contributed by atoms with Gasteiger partial charge in [0.25, 0.3) is 5.91 Å². The van der Waals surface area contributed by atoms with Gasteiger partial charge in [-0.25, -0.2) is 0 Å². The van der Waals surface area contributed by atoms with Gasteiger partial charge in [-0.15, -0.1) is 0 Å². The summed E-state index contributed by atoms with van der Waals surface area (Å²) in [6, 6.07) is 0. The maximum atomic E-state index is 11.4. The smallest absolute Gasteiger partial charge is 0.275 e. The first-order valence-corrected chi connectivity index (χ1v) is 3.91. The molecule has 4 heteroatoms. The molecular weight excluding hydrogens is 166 g/mol. The number of amides is 1. The van der Waals surface area contributed by atoms with Gasteiger partial charge in [0.1, 0.15) is 5.70 Å². The topological polar surface area (TPSA) is 67.5 Å². The third-order valence-corrected chi connectivity index (χ3v) is 1.22. The first-order valence-electron chi connectivity index (χ1n) is 3.91. The lowest BCUT2D eigenvalue weighted by molar-refractivity contribution is -0.116. The van der Waals surface area contributed by atoms with E-state index < -0.39 is 0 Å². The Balaban J connectivity index is 4.69. The van der Waals surface area contributed by atoms with Gasteiger partial charge in [-0.1, -0.05) is 6.58 Å². The molecule has 0 aliphatic carbocycles. The number of hydrogen-bond donors (Lipinski definition) is 2. The molecule has 0 spiro atoms. The van der Waals surface area contributed by atoms with E-state index in [1.165, 1.54) is 0 Å². The quantitative estimate of drug-likeness (QED) is 0.502. The van der Waals surface area contributed by atoms with E-state index in [1.54, 1.807) is 27.0 Å². The predicted octanol–water partition coefficient (Wildman–Crippen LogP) is 0.917. The fraction of sp³-hybridized carbons (Fsp3) is 0.333. The van der Waals surface area contributed by atoms with E-state index in [2.05, 4.69) is 16.9 Å². The first kappa shape index (κ1) is 11.4. The van der Waals surface area contributed by atoms with Crippen LogP contribution in [0.4, 0.5) is 0 Å². The zero-order valence-electron chi connectivity index (χ0n) is 8.22. The second-order valence-corrected chi connectivity index (χ2v) is 2.72. The Hall–Kier alpha value is -1.58. The lowest BCUT2D eigenvalue weighted by Gasteiger charge is -2.05. The Morgan fingerprint density at radius 2 is 2.08 bits per heavy atom. The Bertz CT molecular complexity index is 273. The van der Waals surface area contributed by atoms with Gasteiger partial charge in [0.15, 0.2) is 0 Å². The highest BCUT2D eigenvalue weighted by atomic mass is 16.2. The van der Waals surface area contributed by atoms with Gasteiger partial charge in [0.05, 0.1) is 5.82 Å². The van der Waals surface area contributed by atoms with Gasteiger partial charge in [-0.2, -0.15) is 0 Å². The maximum Gasteiger partial charge on any atom is 0.275 e. The molecule has 3 N–H and O–H groups in total. The molecule has 13 heavy (non-hydrogen) atoms. The van der Waals surface area contributed by atoms with Crippen LogP contribution in [-0.4, -0.2) is 12.1 Å². The average molecular weight is 181 g/mol. The minimum atomic E-state index is -0.328. The number of carbonyl (C=O) groups excluding carboxylic acids is 1. The van der Waals surface area contributed by atoms with E-state index in [1.807, 2.05) is 0 Å². The largest absolute Gasteiger partial charge is 0.386 e. The van der Waals surface area contributed by atoms with Gasteiger partial charge in [-0.3, -0.25) is 9.79 Å². The van der Waals surface area contributed by atoms with Crippen molar-refractivity contribution >= 4 is 12.1 Å². The summed E-state index contributed by atoms with van der Waals surface area (Å²) in [5.74, 6) is -0.208. The third-order valence-electron chi connectivity index (χ3n) is 1.22. The van der Waals surface area contributed by atoms with Gasteiger partial charge < -0.3 is 11.1 Å². The Labute approximate surface area is 78.2 Å². The predicted molar refractivity (Wildman–Crippen MR) is 54.0 cm³/mol. The summed E-state index contributed by atoms with van der Waals surface area (Å²) in [6.07, 6.45) is 1.56. The number of allylic oxidation sites excluding steroid dienone is 1. The molecule has 4 nitrogen and oxygen atoms in total. The van der Waals surface area contributed by atoms with Crippen LogP contribution < -0.4 is 11.1 Å². The summed E-state index contributed by atoms with van der Waals surface area (Å²) in [7, 11) is 0. The number of rotatable bonds is 3. The molecule has 0 bridgehead atoms. The molecule has 0 atom stereocenters. The van der Waals surface area contributed by atoms with Gasteiger partial charge in [0, 0.05) is 6.21 Å². The van der Waals surface area contributed by atoms with E-state index >= 15 is 0 Å². The lowest BCUT2D eigenvalue weighted by Crippen LogP contribution is -2.27. The van der Waals surface area contributed by atoms with Gasteiger partial charge in [0.2, 0.25) is 0 Å². The van der Waals surface area contributed by atoms with Crippen LogP contribution in [0.3, 0.4) is 0 Å². The van der Waals surface area contributed by atoms with E-state index in [0.29, 0.717) is 5.70 Å². The van der Waals surface area contributed by atoms with Gasteiger partial charge in [-0.05, 0) is 26.3 Å². The Morgan fingerprint density at radius 3 is 2.38 bits per heavy atom. The van der Waals surface area contributed by atoms with Crippen molar-refractivity contribution in [2.24, 2.45) is 10.7 Å². The first-order chi connectivity index (χ1) is 5.99. The summed E-state index contributed by atoms with van der Waals surface area (Å²) in [6.45, 7) is 8.73. The molecular formula is C9H15N3O. The van der Waals surface area contributed by atoms with Crippen LogP contribution in [0.5, 0.6) is 0 Å². The highest BCUT2D eigenvalue weighted by molar-refractivity contribution is 5.95. The molecule has 0 aromatic rings. The lowest BCUT2D eigenvalue weighted by atomic mass is 10.2. The second-order valence-electron chi connectivity index (χ2n) is 2.72. The maximum absolute atomic E-state index is 11.4. The molecule has 72 valence electrons. The number of hydrogen-bond acceptors (Lipinski definition) is 3. The molecule has 0 fully saturated rings. The van der Waals surface area contributed by atoms with Crippen molar-refractivity contribution in [3.63, 3.8) is 0 Å². The molecule has 0 aliphatic heterocycles.